The molecule has 4 nitrogen and oxygen atoms in total. The van der Waals surface area contributed by atoms with Gasteiger partial charge in [0.1, 0.15) is 6.61 Å². The van der Waals surface area contributed by atoms with E-state index in [0.717, 1.165) is 0 Å². The van der Waals surface area contributed by atoms with Crippen molar-refractivity contribution in [3.05, 3.63) is 65.7 Å². The van der Waals surface area contributed by atoms with E-state index < -0.39 is 0 Å². The summed E-state index contributed by atoms with van der Waals surface area (Å²) in [5.74, 6) is -0.248. The fourth-order valence-corrected chi connectivity index (χ4v) is 1.85. The van der Waals surface area contributed by atoms with Gasteiger partial charge < -0.3 is 10.1 Å². The molecule has 21 heavy (non-hydrogen) atoms. The summed E-state index contributed by atoms with van der Waals surface area (Å²) in [7, 11) is 0. The van der Waals surface area contributed by atoms with Crippen molar-refractivity contribution >= 4 is 17.4 Å². The summed E-state index contributed by atoms with van der Waals surface area (Å²) in [6, 6.07) is 15.9. The van der Waals surface area contributed by atoms with E-state index in [1.807, 2.05) is 25.1 Å². The van der Waals surface area contributed by atoms with E-state index in [9.17, 15) is 9.59 Å². The van der Waals surface area contributed by atoms with Gasteiger partial charge in [0, 0.05) is 23.4 Å². The summed E-state index contributed by atoms with van der Waals surface area (Å²) >= 11 is 0. The SMILES string of the molecule is CCOCC(=O)Nc1ccc(C(=O)c2ccccc2)cc1. The number of rotatable bonds is 6. The highest BCUT2D eigenvalue weighted by Gasteiger charge is 2.08. The molecule has 0 atom stereocenters. The monoisotopic (exact) mass is 283 g/mol. The maximum Gasteiger partial charge on any atom is 0.250 e. The summed E-state index contributed by atoms with van der Waals surface area (Å²) in [5, 5.41) is 2.71. The molecule has 0 unspecified atom stereocenters. The number of hydrogen-bond donors (Lipinski definition) is 1. The second kappa shape index (κ2) is 7.36. The zero-order valence-corrected chi connectivity index (χ0v) is 11.8. The van der Waals surface area contributed by atoms with Crippen LogP contribution in [0, 0.1) is 0 Å². The molecule has 0 saturated heterocycles. The van der Waals surface area contributed by atoms with Crippen LogP contribution in [-0.4, -0.2) is 24.9 Å². The fraction of sp³-hybridized carbons (Fsp3) is 0.176. The van der Waals surface area contributed by atoms with Crippen molar-refractivity contribution < 1.29 is 14.3 Å². The molecular formula is C17H17NO3. The van der Waals surface area contributed by atoms with Gasteiger partial charge in [-0.25, -0.2) is 0 Å². The van der Waals surface area contributed by atoms with Gasteiger partial charge in [-0.05, 0) is 31.2 Å². The minimum Gasteiger partial charge on any atom is -0.372 e. The minimum atomic E-state index is -0.209. The van der Waals surface area contributed by atoms with Crippen LogP contribution in [-0.2, 0) is 9.53 Å². The standard InChI is InChI=1S/C17H17NO3/c1-2-21-12-16(19)18-15-10-8-14(9-11-15)17(20)13-6-4-3-5-7-13/h3-11H,2,12H2,1H3,(H,18,19). The molecule has 2 rings (SSSR count). The van der Waals surface area contributed by atoms with Crippen molar-refractivity contribution in [1.82, 2.24) is 0 Å². The average molecular weight is 283 g/mol. The first-order chi connectivity index (χ1) is 10.2. The number of amides is 1. The normalized spacial score (nSPS) is 10.1. The number of carbonyl (C=O) groups excluding carboxylic acids is 2. The summed E-state index contributed by atoms with van der Waals surface area (Å²) < 4.78 is 5.02. The second-order valence-corrected chi connectivity index (χ2v) is 4.46. The Hall–Kier alpha value is -2.46. The smallest absolute Gasteiger partial charge is 0.250 e. The van der Waals surface area contributed by atoms with Gasteiger partial charge in [-0.15, -0.1) is 0 Å². The van der Waals surface area contributed by atoms with Crippen LogP contribution in [0.1, 0.15) is 22.8 Å². The van der Waals surface area contributed by atoms with Crippen molar-refractivity contribution in [1.29, 1.82) is 0 Å². The number of nitrogens with one attached hydrogen (secondary N) is 1. The Morgan fingerprint density at radius 2 is 1.57 bits per heavy atom. The highest BCUT2D eigenvalue weighted by Crippen LogP contribution is 2.13. The largest absolute Gasteiger partial charge is 0.372 e. The van der Waals surface area contributed by atoms with Gasteiger partial charge in [-0.3, -0.25) is 9.59 Å². The molecule has 0 saturated carbocycles. The quantitative estimate of drug-likeness (QED) is 0.829. The lowest BCUT2D eigenvalue weighted by Gasteiger charge is -2.06. The third kappa shape index (κ3) is 4.26. The number of benzene rings is 2. The van der Waals surface area contributed by atoms with Crippen LogP contribution in [0.4, 0.5) is 5.69 Å². The molecule has 108 valence electrons. The molecule has 0 radical (unpaired) electrons. The Balaban J connectivity index is 2.02. The van der Waals surface area contributed by atoms with Crippen LogP contribution in [0.2, 0.25) is 0 Å². The van der Waals surface area contributed by atoms with Crippen LogP contribution in [0.25, 0.3) is 0 Å². The van der Waals surface area contributed by atoms with Crippen molar-refractivity contribution in [2.45, 2.75) is 6.92 Å². The molecule has 1 amide bonds. The summed E-state index contributed by atoms with van der Waals surface area (Å²) in [4.78, 5) is 23.7. The molecule has 0 spiro atoms. The molecule has 0 aliphatic carbocycles. The topological polar surface area (TPSA) is 55.4 Å². The van der Waals surface area contributed by atoms with Crippen molar-refractivity contribution in [2.24, 2.45) is 0 Å². The van der Waals surface area contributed by atoms with Crippen LogP contribution < -0.4 is 5.32 Å². The Kier molecular flexibility index (Phi) is 5.23. The Morgan fingerprint density at radius 3 is 2.19 bits per heavy atom. The van der Waals surface area contributed by atoms with E-state index in [1.165, 1.54) is 0 Å². The molecule has 0 aliphatic rings. The molecule has 0 fully saturated rings. The highest BCUT2D eigenvalue weighted by molar-refractivity contribution is 6.09. The first-order valence-electron chi connectivity index (χ1n) is 6.78. The summed E-state index contributed by atoms with van der Waals surface area (Å²) in [6.07, 6.45) is 0. The molecule has 0 aliphatic heterocycles. The lowest BCUT2D eigenvalue weighted by Crippen LogP contribution is -2.18. The summed E-state index contributed by atoms with van der Waals surface area (Å²) in [5.41, 5.74) is 1.87. The van der Waals surface area contributed by atoms with Crippen molar-refractivity contribution in [2.75, 3.05) is 18.5 Å². The van der Waals surface area contributed by atoms with Crippen LogP contribution >= 0.6 is 0 Å². The predicted octanol–water partition coefficient (Wildman–Crippen LogP) is 2.89. The van der Waals surface area contributed by atoms with E-state index in [-0.39, 0.29) is 18.3 Å². The number of carbonyl (C=O) groups is 2. The van der Waals surface area contributed by atoms with Gasteiger partial charge in [0.15, 0.2) is 5.78 Å². The first-order valence-corrected chi connectivity index (χ1v) is 6.78. The number of ketones is 1. The van der Waals surface area contributed by atoms with Gasteiger partial charge in [-0.1, -0.05) is 30.3 Å². The Bertz CT molecular complexity index is 606. The lowest BCUT2D eigenvalue weighted by atomic mass is 10.0. The first kappa shape index (κ1) is 14.9. The third-order valence-electron chi connectivity index (χ3n) is 2.90. The van der Waals surface area contributed by atoms with Crippen LogP contribution in [0.15, 0.2) is 54.6 Å². The number of hydrogen-bond acceptors (Lipinski definition) is 3. The fourth-order valence-electron chi connectivity index (χ4n) is 1.85. The zero-order chi connectivity index (χ0) is 15.1. The molecule has 2 aromatic rings. The highest BCUT2D eigenvalue weighted by atomic mass is 16.5. The van der Waals surface area contributed by atoms with Crippen LogP contribution in [0.3, 0.4) is 0 Å². The average Bonchev–Trinajstić information content (AvgIpc) is 2.54. The molecular weight excluding hydrogens is 266 g/mol. The second-order valence-electron chi connectivity index (χ2n) is 4.46. The Labute approximate surface area is 123 Å². The molecule has 0 aromatic heterocycles. The van der Waals surface area contributed by atoms with Gasteiger partial charge in [0.05, 0.1) is 0 Å². The van der Waals surface area contributed by atoms with E-state index in [4.69, 9.17) is 4.74 Å². The van der Waals surface area contributed by atoms with E-state index >= 15 is 0 Å². The predicted molar refractivity (Wildman–Crippen MR) is 81.4 cm³/mol. The molecule has 0 heterocycles. The van der Waals surface area contributed by atoms with E-state index in [0.29, 0.717) is 23.4 Å². The molecule has 4 heteroatoms. The van der Waals surface area contributed by atoms with Crippen LogP contribution in [0.5, 0.6) is 0 Å². The Morgan fingerprint density at radius 1 is 0.952 bits per heavy atom. The summed E-state index contributed by atoms with van der Waals surface area (Å²) in [6.45, 7) is 2.36. The maximum atomic E-state index is 12.2. The van der Waals surface area contributed by atoms with E-state index in [2.05, 4.69) is 5.32 Å². The molecule has 1 N–H and O–H groups in total. The zero-order valence-electron chi connectivity index (χ0n) is 11.8. The lowest BCUT2D eigenvalue weighted by molar-refractivity contribution is -0.120. The van der Waals surface area contributed by atoms with Gasteiger partial charge in [0.2, 0.25) is 5.91 Å². The number of anilines is 1. The minimum absolute atomic E-state index is 0.0290. The van der Waals surface area contributed by atoms with Gasteiger partial charge in [-0.2, -0.15) is 0 Å². The van der Waals surface area contributed by atoms with E-state index in [1.54, 1.807) is 36.4 Å². The third-order valence-corrected chi connectivity index (χ3v) is 2.90. The van der Waals surface area contributed by atoms with Crippen molar-refractivity contribution in [3.8, 4) is 0 Å². The molecule has 2 aromatic carbocycles. The maximum absolute atomic E-state index is 12.2. The van der Waals surface area contributed by atoms with Gasteiger partial charge in [0.25, 0.3) is 0 Å². The van der Waals surface area contributed by atoms with Gasteiger partial charge >= 0.3 is 0 Å². The molecule has 0 bridgehead atoms. The number of ether oxygens (including phenoxy) is 1. The van der Waals surface area contributed by atoms with Crippen molar-refractivity contribution in [3.63, 3.8) is 0 Å².